The zero-order valence-electron chi connectivity index (χ0n) is 13.5. The Morgan fingerprint density at radius 2 is 2.09 bits per heavy atom. The first kappa shape index (κ1) is 14.9. The van der Waals surface area contributed by atoms with Gasteiger partial charge in [-0.05, 0) is 49.7 Å². The topological polar surface area (TPSA) is 54.3 Å². The predicted molar refractivity (Wildman–Crippen MR) is 92.2 cm³/mol. The molecular formula is C17H21N3O2S. The number of rotatable bonds is 2. The molecule has 0 radical (unpaired) electrons. The minimum absolute atomic E-state index is 0.144. The second-order valence-electron chi connectivity index (χ2n) is 6.80. The Morgan fingerprint density at radius 1 is 1.35 bits per heavy atom. The van der Waals surface area contributed by atoms with E-state index >= 15 is 0 Å². The van der Waals surface area contributed by atoms with Crippen LogP contribution in [0.15, 0.2) is 16.4 Å². The molecule has 5 heterocycles. The zero-order chi connectivity index (χ0) is 16.1. The van der Waals surface area contributed by atoms with Crippen molar-refractivity contribution >= 4 is 27.5 Å². The van der Waals surface area contributed by atoms with Gasteiger partial charge in [-0.15, -0.1) is 11.3 Å². The molecule has 3 aliphatic heterocycles. The summed E-state index contributed by atoms with van der Waals surface area (Å²) in [6.07, 6.45) is 3.97. The Kier molecular flexibility index (Phi) is 3.54. The molecule has 0 saturated carbocycles. The Labute approximate surface area is 138 Å². The van der Waals surface area contributed by atoms with Crippen LogP contribution in [-0.2, 0) is 7.05 Å². The lowest BCUT2D eigenvalue weighted by Crippen LogP contribution is -2.57. The number of hydrogen-bond donors (Lipinski definition) is 1. The molecule has 1 amide bonds. The highest BCUT2D eigenvalue weighted by Crippen LogP contribution is 2.28. The first-order valence-corrected chi connectivity index (χ1v) is 9.03. The van der Waals surface area contributed by atoms with Gasteiger partial charge in [-0.1, -0.05) is 0 Å². The van der Waals surface area contributed by atoms with Crippen LogP contribution in [-0.4, -0.2) is 41.1 Å². The van der Waals surface area contributed by atoms with Crippen molar-refractivity contribution in [1.82, 2.24) is 14.8 Å². The van der Waals surface area contributed by atoms with Gasteiger partial charge in [-0.25, -0.2) is 0 Å². The van der Waals surface area contributed by atoms with Gasteiger partial charge in [0, 0.05) is 25.8 Å². The van der Waals surface area contributed by atoms with E-state index in [1.54, 1.807) is 6.20 Å². The minimum Gasteiger partial charge on any atom is -0.349 e. The SMILES string of the molecule is Cc1csc2c(=O)c(C(=O)NC3CN4CCC3CC4)cn(C)c12. The van der Waals surface area contributed by atoms with E-state index in [2.05, 4.69) is 10.2 Å². The summed E-state index contributed by atoms with van der Waals surface area (Å²) in [4.78, 5) is 27.7. The van der Waals surface area contributed by atoms with Crippen molar-refractivity contribution in [3.63, 3.8) is 0 Å². The Balaban J connectivity index is 1.65. The number of piperidine rings is 3. The molecule has 5 rings (SSSR count). The quantitative estimate of drug-likeness (QED) is 0.912. The summed E-state index contributed by atoms with van der Waals surface area (Å²) in [6, 6.07) is 0.176. The van der Waals surface area contributed by atoms with Crippen molar-refractivity contribution in [1.29, 1.82) is 0 Å². The number of hydrogen-bond acceptors (Lipinski definition) is 4. The van der Waals surface area contributed by atoms with Crippen molar-refractivity contribution < 1.29 is 4.79 Å². The fourth-order valence-corrected chi connectivity index (χ4v) is 5.05. The molecule has 2 bridgehead atoms. The number of carbonyl (C=O) groups excluding carboxylic acids is 1. The molecule has 122 valence electrons. The summed E-state index contributed by atoms with van der Waals surface area (Å²) < 4.78 is 2.57. The van der Waals surface area contributed by atoms with E-state index < -0.39 is 0 Å². The maximum atomic E-state index is 12.7. The summed E-state index contributed by atoms with van der Waals surface area (Å²) in [5.74, 6) is 0.331. The number of carbonyl (C=O) groups is 1. The molecule has 0 aromatic carbocycles. The van der Waals surface area contributed by atoms with E-state index in [1.807, 2.05) is 23.9 Å². The van der Waals surface area contributed by atoms with Crippen LogP contribution in [0.1, 0.15) is 28.8 Å². The van der Waals surface area contributed by atoms with Gasteiger partial charge in [-0.3, -0.25) is 9.59 Å². The molecular weight excluding hydrogens is 310 g/mol. The third kappa shape index (κ3) is 2.40. The number of nitrogens with zero attached hydrogens (tertiary/aromatic N) is 2. The van der Waals surface area contributed by atoms with Gasteiger partial charge in [0.05, 0.1) is 10.2 Å². The van der Waals surface area contributed by atoms with Gasteiger partial charge in [0.25, 0.3) is 5.91 Å². The highest BCUT2D eigenvalue weighted by Gasteiger charge is 2.35. The van der Waals surface area contributed by atoms with Crippen LogP contribution in [0.5, 0.6) is 0 Å². The van der Waals surface area contributed by atoms with Crippen LogP contribution in [0, 0.1) is 12.8 Å². The molecule has 0 aliphatic carbocycles. The van der Waals surface area contributed by atoms with E-state index in [4.69, 9.17) is 0 Å². The smallest absolute Gasteiger partial charge is 0.257 e. The van der Waals surface area contributed by atoms with E-state index in [1.165, 1.54) is 11.3 Å². The van der Waals surface area contributed by atoms with Crippen molar-refractivity contribution in [3.05, 3.63) is 32.9 Å². The van der Waals surface area contributed by atoms with Crippen LogP contribution >= 0.6 is 11.3 Å². The largest absolute Gasteiger partial charge is 0.349 e. The molecule has 2 aromatic rings. The average Bonchev–Trinajstić information content (AvgIpc) is 2.95. The first-order valence-electron chi connectivity index (χ1n) is 8.15. The lowest BCUT2D eigenvalue weighted by molar-refractivity contribution is 0.0619. The average molecular weight is 331 g/mol. The molecule has 1 N–H and O–H groups in total. The standard InChI is InChI=1S/C17H21N3O2S/c1-10-9-23-16-14(10)19(2)7-12(15(16)21)17(22)18-13-8-20-5-3-11(13)4-6-20/h7,9,11,13H,3-6,8H2,1-2H3,(H,18,22). The monoisotopic (exact) mass is 331 g/mol. The van der Waals surface area contributed by atoms with E-state index in [0.29, 0.717) is 10.6 Å². The summed E-state index contributed by atoms with van der Waals surface area (Å²) in [6.45, 7) is 5.18. The number of pyridine rings is 1. The molecule has 3 fully saturated rings. The fraction of sp³-hybridized carbons (Fsp3) is 0.529. The second-order valence-corrected chi connectivity index (χ2v) is 7.68. The van der Waals surface area contributed by atoms with Crippen molar-refractivity contribution in [2.75, 3.05) is 19.6 Å². The van der Waals surface area contributed by atoms with Crippen LogP contribution < -0.4 is 10.7 Å². The molecule has 3 aliphatic rings. The second kappa shape index (κ2) is 5.46. The first-order chi connectivity index (χ1) is 11.0. The lowest BCUT2D eigenvalue weighted by Gasteiger charge is -2.44. The molecule has 5 nitrogen and oxygen atoms in total. The normalized spacial score (nSPS) is 26.6. The number of aryl methyl sites for hydroxylation is 2. The lowest BCUT2D eigenvalue weighted by atomic mass is 9.84. The van der Waals surface area contributed by atoms with Crippen molar-refractivity contribution in [2.45, 2.75) is 25.8 Å². The number of aromatic nitrogens is 1. The number of thiophene rings is 1. The van der Waals surface area contributed by atoms with Crippen LogP contribution in [0.3, 0.4) is 0 Å². The van der Waals surface area contributed by atoms with Gasteiger partial charge < -0.3 is 14.8 Å². The summed E-state index contributed by atoms with van der Waals surface area (Å²) in [5, 5.41) is 5.09. The number of nitrogens with one attached hydrogen (secondary N) is 1. The van der Waals surface area contributed by atoms with Gasteiger partial charge in [-0.2, -0.15) is 0 Å². The maximum absolute atomic E-state index is 12.7. The highest BCUT2D eigenvalue weighted by molar-refractivity contribution is 7.17. The van der Waals surface area contributed by atoms with Gasteiger partial charge in [0.15, 0.2) is 0 Å². The molecule has 3 saturated heterocycles. The minimum atomic E-state index is -0.225. The summed E-state index contributed by atoms with van der Waals surface area (Å²) >= 11 is 1.42. The molecule has 1 unspecified atom stereocenters. The zero-order valence-corrected chi connectivity index (χ0v) is 14.3. The Bertz CT molecular complexity index is 830. The maximum Gasteiger partial charge on any atom is 0.257 e. The van der Waals surface area contributed by atoms with Gasteiger partial charge in [0.2, 0.25) is 5.43 Å². The fourth-order valence-electron chi connectivity index (χ4n) is 4.01. The number of amides is 1. The third-order valence-corrected chi connectivity index (χ3v) is 6.37. The van der Waals surface area contributed by atoms with E-state index in [9.17, 15) is 9.59 Å². The third-order valence-electron chi connectivity index (χ3n) is 5.29. The molecule has 6 heteroatoms. The van der Waals surface area contributed by atoms with Crippen molar-refractivity contribution in [2.24, 2.45) is 13.0 Å². The molecule has 0 spiro atoms. The van der Waals surface area contributed by atoms with Crippen LogP contribution in [0.4, 0.5) is 0 Å². The summed E-state index contributed by atoms with van der Waals surface area (Å²) in [7, 11) is 1.90. The Morgan fingerprint density at radius 3 is 2.74 bits per heavy atom. The number of fused-ring (bicyclic) bond motifs is 4. The van der Waals surface area contributed by atoms with Crippen molar-refractivity contribution in [3.8, 4) is 0 Å². The summed E-state index contributed by atoms with van der Waals surface area (Å²) in [5.41, 5.74) is 2.13. The van der Waals surface area contributed by atoms with Crippen LogP contribution in [0.2, 0.25) is 0 Å². The predicted octanol–water partition coefficient (Wildman–Crippen LogP) is 1.73. The van der Waals surface area contributed by atoms with Gasteiger partial charge in [0.1, 0.15) is 5.56 Å². The molecule has 2 aromatic heterocycles. The van der Waals surface area contributed by atoms with Gasteiger partial charge >= 0.3 is 0 Å². The van der Waals surface area contributed by atoms with E-state index in [0.717, 1.165) is 43.6 Å². The van der Waals surface area contributed by atoms with E-state index in [-0.39, 0.29) is 22.9 Å². The highest BCUT2D eigenvalue weighted by atomic mass is 32.1. The Hall–Kier alpha value is -1.66. The van der Waals surface area contributed by atoms with Crippen LogP contribution in [0.25, 0.3) is 10.2 Å². The molecule has 23 heavy (non-hydrogen) atoms. The molecule has 1 atom stereocenters.